The number of benzene rings is 1. The Balaban J connectivity index is 2.76. The lowest BCUT2D eigenvalue weighted by Crippen LogP contribution is -2.40. The number of hydrogen-bond acceptors (Lipinski definition) is 7. The van der Waals surface area contributed by atoms with E-state index in [0.717, 1.165) is 18.2 Å². The maximum atomic E-state index is 12.0. The fourth-order valence-corrected chi connectivity index (χ4v) is 3.06. The van der Waals surface area contributed by atoms with Crippen LogP contribution < -0.4 is 0 Å². The molecule has 0 aliphatic carbocycles. The SMILES string of the molecule is O=C(O)CCC(C(=O)O)C1(c2ccc([N+](=O)[O-])cc2[N+](=O)[O-])C=CC=CN=C1. The molecule has 11 nitrogen and oxygen atoms in total. The van der Waals surface area contributed by atoms with E-state index in [2.05, 4.69) is 4.99 Å². The first-order valence-electron chi connectivity index (χ1n) is 7.95. The zero-order valence-electron chi connectivity index (χ0n) is 14.3. The van der Waals surface area contributed by atoms with Crippen molar-refractivity contribution < 1.29 is 29.6 Å². The number of nitro groups is 2. The lowest BCUT2D eigenvalue weighted by molar-refractivity contribution is -0.394. The summed E-state index contributed by atoms with van der Waals surface area (Å²) in [4.78, 5) is 47.8. The Bertz CT molecular complexity index is 903. The molecule has 11 heteroatoms. The maximum absolute atomic E-state index is 12.0. The van der Waals surface area contributed by atoms with Crippen LogP contribution in [-0.2, 0) is 15.0 Å². The fraction of sp³-hybridized carbons (Fsp3) is 0.235. The van der Waals surface area contributed by atoms with Gasteiger partial charge in [0.1, 0.15) is 0 Å². The van der Waals surface area contributed by atoms with E-state index in [-0.39, 0.29) is 12.0 Å². The van der Waals surface area contributed by atoms with Gasteiger partial charge in [-0.05, 0) is 18.6 Å². The average molecular weight is 389 g/mol. The monoisotopic (exact) mass is 389 g/mol. The van der Waals surface area contributed by atoms with Crippen LogP contribution in [-0.4, -0.2) is 38.2 Å². The predicted octanol–water partition coefficient (Wildman–Crippen LogP) is 2.46. The molecule has 1 aliphatic rings. The summed E-state index contributed by atoms with van der Waals surface area (Å²) in [6.07, 6.45) is 5.98. The van der Waals surface area contributed by atoms with Crippen LogP contribution in [0.5, 0.6) is 0 Å². The first-order valence-corrected chi connectivity index (χ1v) is 7.95. The number of aliphatic imine (C=N–C) groups is 1. The number of rotatable bonds is 8. The van der Waals surface area contributed by atoms with Gasteiger partial charge in [0.2, 0.25) is 0 Å². The highest BCUT2D eigenvalue weighted by molar-refractivity contribution is 5.89. The lowest BCUT2D eigenvalue weighted by atomic mass is 9.68. The number of hydrogen-bond donors (Lipinski definition) is 2. The van der Waals surface area contributed by atoms with E-state index in [1.54, 1.807) is 0 Å². The summed E-state index contributed by atoms with van der Waals surface area (Å²) in [5, 5.41) is 41.3. The van der Waals surface area contributed by atoms with E-state index in [0.29, 0.717) is 0 Å². The molecular weight excluding hydrogens is 374 g/mol. The molecule has 1 aromatic carbocycles. The van der Waals surface area contributed by atoms with Crippen molar-refractivity contribution in [3.63, 3.8) is 0 Å². The number of nitro benzene ring substituents is 2. The minimum atomic E-state index is -1.68. The number of allylic oxidation sites excluding steroid dienone is 3. The van der Waals surface area contributed by atoms with Gasteiger partial charge in [0.05, 0.1) is 27.2 Å². The topological polar surface area (TPSA) is 173 Å². The quantitative estimate of drug-likeness (QED) is 0.503. The summed E-state index contributed by atoms with van der Waals surface area (Å²) in [7, 11) is 0. The smallest absolute Gasteiger partial charge is 0.308 e. The van der Waals surface area contributed by atoms with E-state index in [9.17, 15) is 34.9 Å². The van der Waals surface area contributed by atoms with Crippen molar-refractivity contribution in [3.8, 4) is 0 Å². The van der Waals surface area contributed by atoms with Crippen LogP contribution in [0.2, 0.25) is 0 Å². The van der Waals surface area contributed by atoms with Gasteiger partial charge in [-0.3, -0.25) is 34.8 Å². The van der Waals surface area contributed by atoms with Crippen LogP contribution >= 0.6 is 0 Å². The Labute approximate surface area is 157 Å². The second-order valence-electron chi connectivity index (χ2n) is 5.95. The molecule has 0 saturated heterocycles. The maximum Gasteiger partial charge on any atom is 0.308 e. The highest BCUT2D eigenvalue weighted by Crippen LogP contribution is 2.42. The third-order valence-corrected chi connectivity index (χ3v) is 4.32. The van der Waals surface area contributed by atoms with E-state index >= 15 is 0 Å². The van der Waals surface area contributed by atoms with Crippen molar-refractivity contribution in [3.05, 3.63) is 68.4 Å². The van der Waals surface area contributed by atoms with Crippen molar-refractivity contribution in [1.82, 2.24) is 0 Å². The Morgan fingerprint density at radius 2 is 1.86 bits per heavy atom. The first-order chi connectivity index (χ1) is 13.2. The molecule has 28 heavy (non-hydrogen) atoms. The van der Waals surface area contributed by atoms with Crippen LogP contribution in [0.1, 0.15) is 18.4 Å². The molecule has 0 amide bonds. The molecule has 0 spiro atoms. The van der Waals surface area contributed by atoms with E-state index in [4.69, 9.17) is 5.11 Å². The molecule has 2 atom stereocenters. The molecule has 0 aromatic heterocycles. The average Bonchev–Trinajstić information content (AvgIpc) is 2.87. The summed E-state index contributed by atoms with van der Waals surface area (Å²) in [6, 6.07) is 2.88. The van der Waals surface area contributed by atoms with Crippen LogP contribution in [0.4, 0.5) is 11.4 Å². The van der Waals surface area contributed by atoms with Gasteiger partial charge in [-0.25, -0.2) is 0 Å². The van der Waals surface area contributed by atoms with Gasteiger partial charge < -0.3 is 10.2 Å². The zero-order chi connectivity index (χ0) is 20.9. The zero-order valence-corrected chi connectivity index (χ0v) is 14.3. The fourth-order valence-electron chi connectivity index (χ4n) is 3.06. The number of carboxylic acid groups (broad SMARTS) is 2. The highest BCUT2D eigenvalue weighted by atomic mass is 16.6. The summed E-state index contributed by atoms with van der Waals surface area (Å²) in [5.74, 6) is -4.03. The molecule has 2 unspecified atom stereocenters. The van der Waals surface area contributed by atoms with Crippen molar-refractivity contribution in [2.45, 2.75) is 18.3 Å². The van der Waals surface area contributed by atoms with Crippen LogP contribution in [0.15, 0.2) is 47.6 Å². The molecule has 1 heterocycles. The van der Waals surface area contributed by atoms with Gasteiger partial charge in [0.15, 0.2) is 0 Å². The number of carboxylic acids is 2. The number of aliphatic carboxylic acids is 2. The van der Waals surface area contributed by atoms with Gasteiger partial charge in [0.25, 0.3) is 11.4 Å². The van der Waals surface area contributed by atoms with Crippen LogP contribution in [0, 0.1) is 26.1 Å². The van der Waals surface area contributed by atoms with Gasteiger partial charge in [-0.15, -0.1) is 0 Å². The van der Waals surface area contributed by atoms with E-state index < -0.39 is 50.9 Å². The Morgan fingerprint density at radius 3 is 2.43 bits per heavy atom. The molecule has 2 rings (SSSR count). The second kappa shape index (κ2) is 8.20. The van der Waals surface area contributed by atoms with Gasteiger partial charge in [-0.1, -0.05) is 12.2 Å². The molecule has 2 N–H and O–H groups in total. The first kappa shape index (κ1) is 20.4. The van der Waals surface area contributed by atoms with Crippen LogP contribution in [0.25, 0.3) is 0 Å². The van der Waals surface area contributed by atoms with Crippen LogP contribution in [0.3, 0.4) is 0 Å². The number of carbonyl (C=O) groups is 2. The number of nitrogens with zero attached hydrogens (tertiary/aromatic N) is 3. The van der Waals surface area contributed by atoms with E-state index in [1.165, 1.54) is 30.6 Å². The number of non-ortho nitro benzene ring substituents is 1. The third kappa shape index (κ3) is 4.09. The third-order valence-electron chi connectivity index (χ3n) is 4.32. The predicted molar refractivity (Wildman–Crippen MR) is 96.2 cm³/mol. The lowest BCUT2D eigenvalue weighted by Gasteiger charge is -2.32. The van der Waals surface area contributed by atoms with Crippen molar-refractivity contribution in [2.24, 2.45) is 10.9 Å². The molecule has 0 saturated carbocycles. The van der Waals surface area contributed by atoms with Crippen molar-refractivity contribution in [2.75, 3.05) is 0 Å². The van der Waals surface area contributed by atoms with E-state index in [1.807, 2.05) is 0 Å². The van der Waals surface area contributed by atoms with Crippen molar-refractivity contribution in [1.29, 1.82) is 0 Å². The minimum absolute atomic E-state index is 0.135. The summed E-state index contributed by atoms with van der Waals surface area (Å²) < 4.78 is 0. The molecule has 1 aromatic rings. The summed E-state index contributed by atoms with van der Waals surface area (Å²) in [6.45, 7) is 0. The van der Waals surface area contributed by atoms with Crippen molar-refractivity contribution >= 4 is 29.5 Å². The summed E-state index contributed by atoms with van der Waals surface area (Å²) in [5.41, 5.74) is -3.00. The molecule has 0 fully saturated rings. The second-order valence-corrected chi connectivity index (χ2v) is 5.95. The largest absolute Gasteiger partial charge is 0.481 e. The standard InChI is InChI=1S/C17H15N3O8/c21-15(22)6-5-13(16(23)24)17(7-1-2-8-18-10-17)12-4-3-11(19(25)26)9-14(12)20(27)28/h1-4,7-10,13H,5-6H2,(H,21,22)(H,23,24). The Morgan fingerprint density at radius 1 is 1.14 bits per heavy atom. The molecule has 146 valence electrons. The minimum Gasteiger partial charge on any atom is -0.481 e. The summed E-state index contributed by atoms with van der Waals surface area (Å²) >= 11 is 0. The molecular formula is C17H15N3O8. The Hall–Kier alpha value is -3.89. The van der Waals surface area contributed by atoms with Gasteiger partial charge in [0, 0.05) is 30.5 Å². The Kier molecular flexibility index (Phi) is 5.98. The molecule has 0 radical (unpaired) electrons. The molecule has 0 bridgehead atoms. The highest BCUT2D eigenvalue weighted by Gasteiger charge is 2.46. The van der Waals surface area contributed by atoms with Gasteiger partial charge in [-0.2, -0.15) is 0 Å². The van der Waals surface area contributed by atoms with Gasteiger partial charge >= 0.3 is 11.9 Å². The normalized spacial score (nSPS) is 19.0. The molecule has 1 aliphatic heterocycles.